The predicted molar refractivity (Wildman–Crippen MR) is 73.2 cm³/mol. The number of carbonyl (C=O) groups is 2. The highest BCUT2D eigenvalue weighted by atomic mass is 19.1. The van der Waals surface area contributed by atoms with Gasteiger partial charge in [-0.3, -0.25) is 9.59 Å². The SMILES string of the molecule is C=C.CN(C)C/C=C/C(=O)N1C[C@@H](F)CC1C(N)=O. The molecule has 1 fully saturated rings. The van der Waals surface area contributed by atoms with Crippen molar-refractivity contribution in [2.75, 3.05) is 27.2 Å². The van der Waals surface area contributed by atoms with E-state index < -0.39 is 18.1 Å². The monoisotopic (exact) mass is 271 g/mol. The van der Waals surface area contributed by atoms with E-state index in [1.807, 2.05) is 19.0 Å². The van der Waals surface area contributed by atoms with Crippen LogP contribution in [0.5, 0.6) is 0 Å². The third-order valence-electron chi connectivity index (χ3n) is 2.59. The van der Waals surface area contributed by atoms with Gasteiger partial charge in [0.05, 0.1) is 6.54 Å². The summed E-state index contributed by atoms with van der Waals surface area (Å²) in [4.78, 5) is 25.9. The lowest BCUT2D eigenvalue weighted by Gasteiger charge is -2.19. The molecule has 0 aliphatic carbocycles. The first-order chi connectivity index (χ1) is 8.91. The standard InChI is InChI=1S/C11H18FN3O2.C2H4/c1-14(2)5-3-4-10(16)15-7-8(12)6-9(15)11(13)17;1-2/h3-4,8-9H,5-7H2,1-2H3,(H2,13,17);1-2H2/b4-3+;/t8-,9?;/m0./s1. The van der Waals surface area contributed by atoms with Crippen LogP contribution in [-0.2, 0) is 9.59 Å². The Morgan fingerprint density at radius 3 is 2.53 bits per heavy atom. The minimum absolute atomic E-state index is 0.00257. The molecule has 5 nitrogen and oxygen atoms in total. The number of amides is 2. The van der Waals surface area contributed by atoms with Crippen LogP contribution >= 0.6 is 0 Å². The Bertz CT molecular complexity index is 345. The second-order valence-electron chi connectivity index (χ2n) is 4.41. The molecule has 0 bridgehead atoms. The minimum atomic E-state index is -1.17. The number of halogens is 1. The Labute approximate surface area is 113 Å². The van der Waals surface area contributed by atoms with Crippen LogP contribution in [0.2, 0.25) is 0 Å². The Morgan fingerprint density at radius 1 is 1.47 bits per heavy atom. The average molecular weight is 271 g/mol. The van der Waals surface area contributed by atoms with Crippen molar-refractivity contribution >= 4 is 11.8 Å². The molecule has 2 atom stereocenters. The summed E-state index contributed by atoms with van der Waals surface area (Å²) in [6, 6.07) is -0.818. The second kappa shape index (κ2) is 8.42. The van der Waals surface area contributed by atoms with Crippen LogP contribution in [0.1, 0.15) is 6.42 Å². The summed E-state index contributed by atoms with van der Waals surface area (Å²) in [6.45, 7) is 6.55. The zero-order valence-electron chi connectivity index (χ0n) is 11.5. The molecule has 1 heterocycles. The maximum absolute atomic E-state index is 13.2. The van der Waals surface area contributed by atoms with E-state index in [0.29, 0.717) is 6.54 Å². The summed E-state index contributed by atoms with van der Waals surface area (Å²) in [6.07, 6.45) is 1.86. The molecular weight excluding hydrogens is 249 g/mol. The molecule has 1 saturated heterocycles. The molecule has 0 radical (unpaired) electrons. The first kappa shape index (κ1) is 17.3. The van der Waals surface area contributed by atoms with Crippen molar-refractivity contribution in [1.82, 2.24) is 9.80 Å². The highest BCUT2D eigenvalue weighted by Crippen LogP contribution is 2.20. The molecule has 0 spiro atoms. The summed E-state index contributed by atoms with van der Waals surface area (Å²) >= 11 is 0. The van der Waals surface area contributed by atoms with Crippen molar-refractivity contribution in [3.63, 3.8) is 0 Å². The van der Waals surface area contributed by atoms with Gasteiger partial charge in [-0.1, -0.05) is 6.08 Å². The molecule has 1 aliphatic heterocycles. The van der Waals surface area contributed by atoms with Crippen LogP contribution in [-0.4, -0.2) is 61.0 Å². The predicted octanol–water partition coefficient (Wildman–Crippen LogP) is 0.331. The molecule has 108 valence electrons. The Morgan fingerprint density at radius 2 is 2.05 bits per heavy atom. The van der Waals surface area contributed by atoms with E-state index in [9.17, 15) is 14.0 Å². The molecular formula is C13H22FN3O2. The number of likely N-dealkylation sites (N-methyl/N-ethyl adjacent to an activating group) is 1. The quantitative estimate of drug-likeness (QED) is 0.592. The van der Waals surface area contributed by atoms with Crippen LogP contribution in [0.25, 0.3) is 0 Å². The van der Waals surface area contributed by atoms with Gasteiger partial charge < -0.3 is 15.5 Å². The number of alkyl halides is 1. The molecule has 0 saturated carbocycles. The zero-order valence-corrected chi connectivity index (χ0v) is 11.5. The third-order valence-corrected chi connectivity index (χ3v) is 2.59. The van der Waals surface area contributed by atoms with Crippen molar-refractivity contribution in [3.8, 4) is 0 Å². The number of nitrogens with two attached hydrogens (primary N) is 1. The molecule has 1 aliphatic rings. The van der Waals surface area contributed by atoms with E-state index >= 15 is 0 Å². The molecule has 2 N–H and O–H groups in total. The number of likely N-dealkylation sites (tertiary alicyclic amines) is 1. The fourth-order valence-electron chi connectivity index (χ4n) is 1.76. The van der Waals surface area contributed by atoms with Crippen molar-refractivity contribution in [3.05, 3.63) is 25.3 Å². The summed E-state index contributed by atoms with van der Waals surface area (Å²) in [7, 11) is 3.74. The van der Waals surface area contributed by atoms with Crippen molar-refractivity contribution in [1.29, 1.82) is 0 Å². The first-order valence-electron chi connectivity index (χ1n) is 5.97. The van der Waals surface area contributed by atoms with Crippen LogP contribution in [0, 0.1) is 0 Å². The van der Waals surface area contributed by atoms with Crippen molar-refractivity contribution < 1.29 is 14.0 Å². The normalized spacial score (nSPS) is 22.4. The molecule has 1 rings (SSSR count). The Balaban J connectivity index is 0.00000154. The number of hydrogen-bond donors (Lipinski definition) is 1. The fourth-order valence-corrected chi connectivity index (χ4v) is 1.76. The Kier molecular flexibility index (Phi) is 7.67. The maximum Gasteiger partial charge on any atom is 0.247 e. The van der Waals surface area contributed by atoms with Gasteiger partial charge in [-0.15, -0.1) is 13.2 Å². The van der Waals surface area contributed by atoms with E-state index in [0.717, 1.165) is 0 Å². The van der Waals surface area contributed by atoms with E-state index in [1.54, 1.807) is 6.08 Å². The van der Waals surface area contributed by atoms with Gasteiger partial charge in [0.2, 0.25) is 11.8 Å². The largest absolute Gasteiger partial charge is 0.368 e. The van der Waals surface area contributed by atoms with Crippen molar-refractivity contribution in [2.45, 2.75) is 18.6 Å². The lowest BCUT2D eigenvalue weighted by Crippen LogP contribution is -2.43. The van der Waals surface area contributed by atoms with E-state index in [-0.39, 0.29) is 18.9 Å². The number of carbonyl (C=O) groups excluding carboxylic acids is 2. The lowest BCUT2D eigenvalue weighted by molar-refractivity contribution is -0.133. The average Bonchev–Trinajstić information content (AvgIpc) is 2.73. The van der Waals surface area contributed by atoms with Crippen LogP contribution < -0.4 is 5.73 Å². The van der Waals surface area contributed by atoms with Gasteiger partial charge in [0, 0.05) is 19.0 Å². The van der Waals surface area contributed by atoms with E-state index in [2.05, 4.69) is 13.2 Å². The molecule has 0 aromatic heterocycles. The van der Waals surface area contributed by atoms with E-state index in [1.165, 1.54) is 11.0 Å². The highest BCUT2D eigenvalue weighted by molar-refractivity contribution is 5.93. The minimum Gasteiger partial charge on any atom is -0.368 e. The molecule has 1 unspecified atom stereocenters. The van der Waals surface area contributed by atoms with Gasteiger partial charge in [-0.2, -0.15) is 0 Å². The van der Waals surface area contributed by atoms with Gasteiger partial charge >= 0.3 is 0 Å². The highest BCUT2D eigenvalue weighted by Gasteiger charge is 2.37. The topological polar surface area (TPSA) is 66.6 Å². The molecule has 6 heteroatoms. The third kappa shape index (κ3) is 5.65. The summed E-state index contributed by atoms with van der Waals surface area (Å²) in [5.41, 5.74) is 5.13. The van der Waals surface area contributed by atoms with Crippen molar-refractivity contribution in [2.24, 2.45) is 5.73 Å². The van der Waals surface area contributed by atoms with Crippen LogP contribution in [0.4, 0.5) is 4.39 Å². The molecule has 19 heavy (non-hydrogen) atoms. The zero-order chi connectivity index (χ0) is 15.0. The fraction of sp³-hybridized carbons (Fsp3) is 0.538. The smallest absolute Gasteiger partial charge is 0.247 e. The molecule has 2 amide bonds. The van der Waals surface area contributed by atoms with E-state index in [4.69, 9.17) is 5.73 Å². The summed E-state index contributed by atoms with van der Waals surface area (Å²) < 4.78 is 13.2. The van der Waals surface area contributed by atoms with Crippen LogP contribution in [0.15, 0.2) is 25.3 Å². The molecule has 0 aromatic rings. The second-order valence-corrected chi connectivity index (χ2v) is 4.41. The van der Waals surface area contributed by atoms with Gasteiger partial charge in [0.15, 0.2) is 0 Å². The van der Waals surface area contributed by atoms with Crippen LogP contribution in [0.3, 0.4) is 0 Å². The summed E-state index contributed by atoms with van der Waals surface area (Å²) in [5, 5.41) is 0. The number of primary amides is 1. The van der Waals surface area contributed by atoms with Gasteiger partial charge in [0.1, 0.15) is 12.2 Å². The maximum atomic E-state index is 13.2. The van der Waals surface area contributed by atoms with Gasteiger partial charge in [0.25, 0.3) is 0 Å². The Hall–Kier alpha value is -1.69. The lowest BCUT2D eigenvalue weighted by atomic mass is 10.2. The number of nitrogens with zero attached hydrogens (tertiary/aromatic N) is 2. The van der Waals surface area contributed by atoms with Gasteiger partial charge in [-0.25, -0.2) is 4.39 Å². The molecule has 0 aromatic carbocycles. The summed E-state index contributed by atoms with van der Waals surface area (Å²) in [5.74, 6) is -1.02. The number of hydrogen-bond acceptors (Lipinski definition) is 3. The van der Waals surface area contributed by atoms with Gasteiger partial charge in [-0.05, 0) is 14.1 Å². The first-order valence-corrected chi connectivity index (χ1v) is 5.97. The number of rotatable bonds is 4.